The Balaban J connectivity index is -0.000000153. The molecule has 0 rings (SSSR count). The Hall–Kier alpha value is 0.208. The van der Waals surface area contributed by atoms with Crippen molar-refractivity contribution >= 4 is 30.5 Å². The molecule has 96 valence electrons. The van der Waals surface area contributed by atoms with Crippen molar-refractivity contribution in [1.82, 2.24) is 9.80 Å². The van der Waals surface area contributed by atoms with Crippen LogP contribution < -0.4 is 0 Å². The summed E-state index contributed by atoms with van der Waals surface area (Å²) in [6, 6.07) is 0. The van der Waals surface area contributed by atoms with Crippen LogP contribution >= 0.6 is 18.8 Å². The molecule has 0 fully saturated rings. The number of nitrogens with zero attached hydrogens (tertiary/aromatic N) is 2. The molecule has 7 heteroatoms. The molecule has 0 aromatic heterocycles. The standard InChI is InChI=1S/2C4H10N2.2ClH.Pt/c2*1-4(5)6(2)3;;;/h2*5H,1-3H3;2*1H;/q;;;;+2/p-2. The van der Waals surface area contributed by atoms with Crippen molar-refractivity contribution in [2.75, 3.05) is 28.2 Å². The third-order valence-corrected chi connectivity index (χ3v) is 1.34. The van der Waals surface area contributed by atoms with E-state index in [2.05, 4.69) is 0 Å². The second-order valence-corrected chi connectivity index (χ2v) is 6.29. The fourth-order valence-corrected chi connectivity index (χ4v) is 0. The Kier molecular flexibility index (Phi) is 19.5. The molecular weight excluding hydrogens is 418 g/mol. The first-order valence-corrected chi connectivity index (χ1v) is 9.61. The summed E-state index contributed by atoms with van der Waals surface area (Å²) in [5.74, 6) is 1.19. The molecule has 15 heavy (non-hydrogen) atoms. The molecular formula is C8H20Cl2N4Pt. The van der Waals surface area contributed by atoms with E-state index in [1.54, 1.807) is 23.6 Å². The summed E-state index contributed by atoms with van der Waals surface area (Å²) in [7, 11) is 17.1. The average Bonchev–Trinajstić information content (AvgIpc) is 2.06. The van der Waals surface area contributed by atoms with Crippen LogP contribution in [-0.4, -0.2) is 49.7 Å². The van der Waals surface area contributed by atoms with Crippen LogP contribution in [0, 0.1) is 10.8 Å². The average molecular weight is 438 g/mol. The Labute approximate surface area is 109 Å². The van der Waals surface area contributed by atoms with Gasteiger partial charge in [-0.25, -0.2) is 0 Å². The van der Waals surface area contributed by atoms with Crippen molar-refractivity contribution in [1.29, 1.82) is 10.8 Å². The molecule has 0 spiro atoms. The maximum absolute atomic E-state index is 6.88. The molecule has 0 aromatic rings. The molecule has 0 saturated heterocycles. The topological polar surface area (TPSA) is 54.2 Å². The van der Waals surface area contributed by atoms with Gasteiger partial charge in [0.25, 0.3) is 0 Å². The van der Waals surface area contributed by atoms with E-state index in [4.69, 9.17) is 29.7 Å². The van der Waals surface area contributed by atoms with Crippen molar-refractivity contribution in [2.24, 2.45) is 0 Å². The van der Waals surface area contributed by atoms with Crippen molar-refractivity contribution in [2.45, 2.75) is 13.8 Å². The number of hydrogen-bond acceptors (Lipinski definition) is 2. The molecule has 0 saturated carbocycles. The van der Waals surface area contributed by atoms with Gasteiger partial charge in [0.05, 0.1) is 11.7 Å². The number of nitrogens with one attached hydrogen (secondary N) is 2. The van der Waals surface area contributed by atoms with Crippen LogP contribution in [0.25, 0.3) is 0 Å². The van der Waals surface area contributed by atoms with E-state index in [1.165, 1.54) is 0 Å². The summed E-state index contributed by atoms with van der Waals surface area (Å²) in [4.78, 5) is 3.50. The molecule has 0 aliphatic carbocycles. The Morgan fingerprint density at radius 3 is 0.933 bits per heavy atom. The Bertz CT molecular complexity index is 156. The summed E-state index contributed by atoms with van der Waals surface area (Å²) < 4.78 is 0. The fourth-order valence-electron chi connectivity index (χ4n) is 0. The minimum absolute atomic E-state index is 0.472. The van der Waals surface area contributed by atoms with E-state index in [0.717, 1.165) is 0 Å². The second kappa shape index (κ2) is 14.2. The molecule has 0 atom stereocenters. The van der Waals surface area contributed by atoms with Crippen LogP contribution in [-0.2, 0) is 16.5 Å². The van der Waals surface area contributed by atoms with E-state index in [-0.39, 0.29) is 0 Å². The van der Waals surface area contributed by atoms with Crippen LogP contribution in [0.5, 0.6) is 0 Å². The van der Waals surface area contributed by atoms with E-state index in [0.29, 0.717) is 11.7 Å². The van der Waals surface area contributed by atoms with Gasteiger partial charge in [0, 0.05) is 28.2 Å². The summed E-state index contributed by atoms with van der Waals surface area (Å²) in [6.07, 6.45) is 0. The van der Waals surface area contributed by atoms with Crippen molar-refractivity contribution < 1.29 is 16.5 Å². The molecule has 0 unspecified atom stereocenters. The van der Waals surface area contributed by atoms with Gasteiger partial charge in [0.1, 0.15) is 0 Å². The van der Waals surface area contributed by atoms with Crippen LogP contribution in [0.1, 0.15) is 13.8 Å². The monoisotopic (exact) mass is 437 g/mol. The van der Waals surface area contributed by atoms with Crippen molar-refractivity contribution in [3.8, 4) is 0 Å². The summed E-state index contributed by atoms with van der Waals surface area (Å²) >= 11 is -0.472. The first-order valence-electron chi connectivity index (χ1n) is 3.98. The summed E-state index contributed by atoms with van der Waals surface area (Å²) in [5, 5.41) is 13.8. The zero-order valence-electron chi connectivity index (χ0n) is 9.97. The van der Waals surface area contributed by atoms with Crippen LogP contribution in [0.2, 0.25) is 0 Å². The van der Waals surface area contributed by atoms with Gasteiger partial charge in [0.2, 0.25) is 0 Å². The SMILES string of the molecule is CC(=N)N(C)C.CC(=N)N(C)C.[Cl][Pt][Cl]. The molecule has 0 bridgehead atoms. The molecule has 4 nitrogen and oxygen atoms in total. The number of amidine groups is 2. The third-order valence-electron chi connectivity index (χ3n) is 1.34. The maximum atomic E-state index is 6.88. The van der Waals surface area contributed by atoms with Gasteiger partial charge in [-0.05, 0) is 13.8 Å². The van der Waals surface area contributed by atoms with Crippen LogP contribution in [0.3, 0.4) is 0 Å². The molecule has 0 aromatic carbocycles. The van der Waals surface area contributed by atoms with Gasteiger partial charge in [-0.3, -0.25) is 10.8 Å². The number of halogens is 2. The normalized spacial score (nSPS) is 7.73. The van der Waals surface area contributed by atoms with Gasteiger partial charge < -0.3 is 9.80 Å². The second-order valence-electron chi connectivity index (χ2n) is 3.00. The molecule has 2 N–H and O–H groups in total. The van der Waals surface area contributed by atoms with Gasteiger partial charge >= 0.3 is 35.3 Å². The zero-order chi connectivity index (χ0) is 13.0. The Morgan fingerprint density at radius 1 is 0.867 bits per heavy atom. The van der Waals surface area contributed by atoms with Crippen molar-refractivity contribution in [3.63, 3.8) is 0 Å². The zero-order valence-corrected chi connectivity index (χ0v) is 13.8. The molecule has 0 aliphatic heterocycles. The Morgan fingerprint density at radius 2 is 0.933 bits per heavy atom. The summed E-state index contributed by atoms with van der Waals surface area (Å²) in [5.41, 5.74) is 0. The molecule has 0 radical (unpaired) electrons. The van der Waals surface area contributed by atoms with Crippen LogP contribution in [0.15, 0.2) is 0 Å². The first-order chi connectivity index (χ1) is 6.70. The first kappa shape index (κ1) is 20.6. The molecule has 0 aliphatic rings. The van der Waals surface area contributed by atoms with E-state index < -0.39 is 16.5 Å². The fraction of sp³-hybridized carbons (Fsp3) is 0.750. The van der Waals surface area contributed by atoms with Crippen molar-refractivity contribution in [3.05, 3.63) is 0 Å². The quantitative estimate of drug-likeness (QED) is 0.451. The predicted octanol–water partition coefficient (Wildman–Crippen LogP) is 2.47. The van der Waals surface area contributed by atoms with Gasteiger partial charge in [-0.1, -0.05) is 0 Å². The minimum atomic E-state index is -0.472. The molecule has 0 amide bonds. The van der Waals surface area contributed by atoms with Gasteiger partial charge in [-0.15, -0.1) is 0 Å². The summed E-state index contributed by atoms with van der Waals surface area (Å²) in [6.45, 7) is 3.50. The molecule has 0 heterocycles. The predicted molar refractivity (Wildman–Crippen MR) is 65.9 cm³/mol. The van der Waals surface area contributed by atoms with Gasteiger partial charge in [-0.2, -0.15) is 0 Å². The number of rotatable bonds is 0. The van der Waals surface area contributed by atoms with E-state index in [1.807, 2.05) is 28.2 Å². The van der Waals surface area contributed by atoms with Crippen LogP contribution in [0.4, 0.5) is 0 Å². The third kappa shape index (κ3) is 31.4. The van der Waals surface area contributed by atoms with E-state index >= 15 is 0 Å². The van der Waals surface area contributed by atoms with E-state index in [9.17, 15) is 0 Å². The number of hydrogen-bond donors (Lipinski definition) is 2. The van der Waals surface area contributed by atoms with Gasteiger partial charge in [0.15, 0.2) is 0 Å².